The molecule has 18 heavy (non-hydrogen) atoms. The Morgan fingerprint density at radius 2 is 2.22 bits per heavy atom. The van der Waals surface area contributed by atoms with Crippen LogP contribution in [-0.2, 0) is 11.3 Å². The van der Waals surface area contributed by atoms with Gasteiger partial charge in [0.2, 0.25) is 5.88 Å². The van der Waals surface area contributed by atoms with Gasteiger partial charge in [0.1, 0.15) is 17.9 Å². The summed E-state index contributed by atoms with van der Waals surface area (Å²) in [5.41, 5.74) is 0. The van der Waals surface area contributed by atoms with Crippen molar-refractivity contribution in [3.05, 3.63) is 17.0 Å². The number of aromatic nitrogens is 2. The Labute approximate surface area is 113 Å². The molecule has 1 aromatic heterocycles. The number of hydrogen-bond donors (Lipinski definition) is 0. The van der Waals surface area contributed by atoms with Gasteiger partial charge in [0.15, 0.2) is 5.82 Å². The maximum Gasteiger partial charge on any atom is 0.218 e. The minimum Gasteiger partial charge on any atom is -0.474 e. The fourth-order valence-electron chi connectivity index (χ4n) is 2.35. The molecule has 4 nitrogen and oxygen atoms in total. The fourth-order valence-corrected chi connectivity index (χ4v) is 2.54. The number of ether oxygens (including phenoxy) is 2. The second-order valence-corrected chi connectivity index (χ2v) is 5.28. The van der Waals surface area contributed by atoms with Gasteiger partial charge in [-0.25, -0.2) is 4.98 Å². The van der Waals surface area contributed by atoms with Crippen molar-refractivity contribution < 1.29 is 9.47 Å². The fraction of sp³-hybridized carbons (Fsp3) is 0.692. The van der Waals surface area contributed by atoms with E-state index in [9.17, 15) is 0 Å². The lowest BCUT2D eigenvalue weighted by atomic mass is 9.89. The third-order valence-electron chi connectivity index (χ3n) is 3.17. The summed E-state index contributed by atoms with van der Waals surface area (Å²) in [7, 11) is 1.60. The largest absolute Gasteiger partial charge is 0.474 e. The van der Waals surface area contributed by atoms with Gasteiger partial charge >= 0.3 is 0 Å². The van der Waals surface area contributed by atoms with E-state index in [4.69, 9.17) is 21.1 Å². The van der Waals surface area contributed by atoms with Gasteiger partial charge < -0.3 is 9.47 Å². The third-order valence-corrected chi connectivity index (χ3v) is 3.36. The summed E-state index contributed by atoms with van der Waals surface area (Å²) in [6.07, 6.45) is 4.93. The smallest absolute Gasteiger partial charge is 0.218 e. The van der Waals surface area contributed by atoms with Crippen LogP contribution in [0.3, 0.4) is 0 Å². The minimum atomic E-state index is 0.245. The molecule has 0 aromatic carbocycles. The first-order chi connectivity index (χ1) is 8.67. The Balaban J connectivity index is 2.03. The molecule has 0 radical (unpaired) electrons. The molecule has 1 aliphatic rings. The van der Waals surface area contributed by atoms with E-state index in [0.717, 1.165) is 18.8 Å². The Morgan fingerprint density at radius 3 is 2.94 bits per heavy atom. The lowest BCUT2D eigenvalue weighted by Crippen LogP contribution is -2.24. The van der Waals surface area contributed by atoms with Crippen molar-refractivity contribution >= 4 is 11.6 Å². The highest BCUT2D eigenvalue weighted by molar-refractivity contribution is 6.29. The maximum absolute atomic E-state index is 5.95. The standard InChI is InChI=1S/C13H19ClN2O2/c1-9-4-3-5-10(6-9)18-13-7-11(14)15-12(16-13)8-17-2/h7,9-10H,3-6,8H2,1-2H3. The molecule has 0 N–H and O–H groups in total. The molecule has 1 aromatic rings. The van der Waals surface area contributed by atoms with E-state index in [1.807, 2.05) is 0 Å². The summed E-state index contributed by atoms with van der Waals surface area (Å²) in [6.45, 7) is 2.61. The summed E-state index contributed by atoms with van der Waals surface area (Å²) < 4.78 is 10.9. The van der Waals surface area contributed by atoms with Gasteiger partial charge in [-0.15, -0.1) is 0 Å². The van der Waals surface area contributed by atoms with E-state index in [-0.39, 0.29) is 6.10 Å². The highest BCUT2D eigenvalue weighted by Gasteiger charge is 2.21. The van der Waals surface area contributed by atoms with Crippen molar-refractivity contribution in [3.63, 3.8) is 0 Å². The van der Waals surface area contributed by atoms with Crippen LogP contribution in [0.2, 0.25) is 5.15 Å². The number of nitrogens with zero attached hydrogens (tertiary/aromatic N) is 2. The lowest BCUT2D eigenvalue weighted by molar-refractivity contribution is 0.121. The molecule has 100 valence electrons. The molecule has 2 rings (SSSR count). The monoisotopic (exact) mass is 270 g/mol. The van der Waals surface area contributed by atoms with Crippen molar-refractivity contribution in [2.24, 2.45) is 5.92 Å². The van der Waals surface area contributed by atoms with Crippen molar-refractivity contribution in [1.82, 2.24) is 9.97 Å². The second-order valence-electron chi connectivity index (χ2n) is 4.89. The number of rotatable bonds is 4. The van der Waals surface area contributed by atoms with Crippen LogP contribution < -0.4 is 4.74 Å². The third kappa shape index (κ3) is 3.82. The Bertz CT molecular complexity index is 401. The highest BCUT2D eigenvalue weighted by atomic mass is 35.5. The van der Waals surface area contributed by atoms with Crippen molar-refractivity contribution in [1.29, 1.82) is 0 Å². The Morgan fingerprint density at radius 1 is 1.39 bits per heavy atom. The molecule has 1 aliphatic carbocycles. The molecule has 1 fully saturated rings. The lowest BCUT2D eigenvalue weighted by Gasteiger charge is -2.26. The summed E-state index contributed by atoms with van der Waals surface area (Å²) in [5.74, 6) is 1.84. The summed E-state index contributed by atoms with van der Waals surface area (Å²) in [4.78, 5) is 8.38. The molecule has 2 unspecified atom stereocenters. The van der Waals surface area contributed by atoms with Crippen LogP contribution in [0, 0.1) is 5.92 Å². The maximum atomic E-state index is 5.95. The van der Waals surface area contributed by atoms with Crippen LogP contribution in [0.25, 0.3) is 0 Å². The topological polar surface area (TPSA) is 44.2 Å². The van der Waals surface area contributed by atoms with E-state index in [1.165, 1.54) is 12.8 Å². The van der Waals surface area contributed by atoms with E-state index in [2.05, 4.69) is 16.9 Å². The Kier molecular flexibility index (Phi) is 4.78. The van der Waals surface area contributed by atoms with Gasteiger partial charge in [-0.05, 0) is 25.2 Å². The van der Waals surface area contributed by atoms with Crippen LogP contribution in [0.1, 0.15) is 38.4 Å². The average Bonchev–Trinajstić information content (AvgIpc) is 2.28. The quantitative estimate of drug-likeness (QED) is 0.788. The summed E-state index contributed by atoms with van der Waals surface area (Å²) in [6, 6.07) is 1.67. The first kappa shape index (κ1) is 13.6. The zero-order valence-corrected chi connectivity index (χ0v) is 11.6. The van der Waals surface area contributed by atoms with Crippen LogP contribution in [0.15, 0.2) is 6.07 Å². The van der Waals surface area contributed by atoms with E-state index >= 15 is 0 Å². The molecule has 0 spiro atoms. The number of hydrogen-bond acceptors (Lipinski definition) is 4. The molecule has 5 heteroatoms. The van der Waals surface area contributed by atoms with Crippen molar-refractivity contribution in [2.45, 2.75) is 45.3 Å². The first-order valence-corrected chi connectivity index (χ1v) is 6.74. The zero-order chi connectivity index (χ0) is 13.0. The van der Waals surface area contributed by atoms with Crippen LogP contribution in [0.5, 0.6) is 5.88 Å². The summed E-state index contributed by atoms with van der Waals surface area (Å²) >= 11 is 5.95. The SMILES string of the molecule is COCc1nc(Cl)cc(OC2CCCC(C)C2)n1. The molecule has 0 amide bonds. The average molecular weight is 271 g/mol. The molecule has 0 bridgehead atoms. The van der Waals surface area contributed by atoms with E-state index < -0.39 is 0 Å². The van der Waals surface area contributed by atoms with E-state index in [1.54, 1.807) is 13.2 Å². The second kappa shape index (κ2) is 6.34. The van der Waals surface area contributed by atoms with Gasteiger partial charge in [-0.3, -0.25) is 0 Å². The normalized spacial score (nSPS) is 23.9. The number of methoxy groups -OCH3 is 1. The van der Waals surface area contributed by atoms with Crippen molar-refractivity contribution in [2.75, 3.05) is 7.11 Å². The molecule has 1 heterocycles. The number of halogens is 1. The molecule has 0 aliphatic heterocycles. The Hall–Kier alpha value is -0.870. The predicted octanol–water partition coefficient (Wildman–Crippen LogP) is 3.23. The molecular weight excluding hydrogens is 252 g/mol. The van der Waals surface area contributed by atoms with Gasteiger partial charge in [0.05, 0.1) is 0 Å². The highest BCUT2D eigenvalue weighted by Crippen LogP contribution is 2.27. The predicted molar refractivity (Wildman–Crippen MR) is 69.8 cm³/mol. The zero-order valence-electron chi connectivity index (χ0n) is 10.9. The minimum absolute atomic E-state index is 0.245. The van der Waals surface area contributed by atoms with Crippen LogP contribution >= 0.6 is 11.6 Å². The molecule has 1 saturated carbocycles. The molecule has 0 saturated heterocycles. The molecular formula is C13H19ClN2O2. The first-order valence-electron chi connectivity index (χ1n) is 6.36. The van der Waals surface area contributed by atoms with Crippen molar-refractivity contribution in [3.8, 4) is 5.88 Å². The van der Waals surface area contributed by atoms with Gasteiger partial charge in [0, 0.05) is 13.2 Å². The molecule has 2 atom stereocenters. The van der Waals surface area contributed by atoms with Gasteiger partial charge in [-0.1, -0.05) is 24.9 Å². The van der Waals surface area contributed by atoms with Gasteiger partial charge in [-0.2, -0.15) is 4.98 Å². The van der Waals surface area contributed by atoms with Crippen LogP contribution in [0.4, 0.5) is 0 Å². The van der Waals surface area contributed by atoms with E-state index in [0.29, 0.717) is 23.5 Å². The van der Waals surface area contributed by atoms with Crippen LogP contribution in [-0.4, -0.2) is 23.2 Å². The summed E-state index contributed by atoms with van der Waals surface area (Å²) in [5, 5.41) is 0.399. The van der Waals surface area contributed by atoms with Gasteiger partial charge in [0.25, 0.3) is 0 Å².